The first-order chi connectivity index (χ1) is 9.76. The van der Waals surface area contributed by atoms with Crippen LogP contribution in [0.3, 0.4) is 0 Å². The van der Waals surface area contributed by atoms with E-state index in [0.717, 1.165) is 19.4 Å². The molecule has 0 aliphatic carbocycles. The van der Waals surface area contributed by atoms with Gasteiger partial charge in [-0.25, -0.2) is 0 Å². The molecule has 118 valence electrons. The molecule has 1 aromatic carbocycles. The van der Waals surface area contributed by atoms with Crippen molar-refractivity contribution >= 4 is 11.7 Å². The van der Waals surface area contributed by atoms with Gasteiger partial charge in [0.05, 0.1) is 7.11 Å². The van der Waals surface area contributed by atoms with Gasteiger partial charge in [-0.2, -0.15) is 0 Å². The quantitative estimate of drug-likeness (QED) is 0.620. The highest BCUT2D eigenvalue weighted by atomic mass is 16.5. The number of carbonyl (C=O) groups excluding carboxylic acids is 1. The molecule has 1 atom stereocenters. The van der Waals surface area contributed by atoms with Crippen LogP contribution in [0.4, 0.5) is 5.69 Å². The van der Waals surface area contributed by atoms with Crippen LogP contribution in [0.2, 0.25) is 0 Å². The number of rotatable bonds is 7. The number of esters is 1. The molecule has 0 radical (unpaired) electrons. The smallest absolute Gasteiger partial charge is 0.325 e. The number of anilines is 1. The van der Waals surface area contributed by atoms with Crippen molar-refractivity contribution in [1.82, 2.24) is 0 Å². The molecule has 21 heavy (non-hydrogen) atoms. The van der Waals surface area contributed by atoms with Gasteiger partial charge in [0.2, 0.25) is 0 Å². The third kappa shape index (κ3) is 5.38. The first-order valence-corrected chi connectivity index (χ1v) is 7.43. The van der Waals surface area contributed by atoms with Gasteiger partial charge in [0.25, 0.3) is 0 Å². The van der Waals surface area contributed by atoms with E-state index in [1.54, 1.807) is 6.92 Å². The molecule has 0 bridgehead atoms. The van der Waals surface area contributed by atoms with E-state index in [2.05, 4.69) is 44.0 Å². The van der Waals surface area contributed by atoms with Gasteiger partial charge in [0.1, 0.15) is 5.54 Å². The minimum absolute atomic E-state index is 0.342. The zero-order valence-corrected chi connectivity index (χ0v) is 13.9. The topological polar surface area (TPSA) is 55.6 Å². The Morgan fingerprint density at radius 3 is 2.33 bits per heavy atom. The maximum atomic E-state index is 11.5. The lowest BCUT2D eigenvalue weighted by Crippen LogP contribution is -2.45. The predicted molar refractivity (Wildman–Crippen MR) is 87.6 cm³/mol. The van der Waals surface area contributed by atoms with Crippen LogP contribution in [0.15, 0.2) is 18.2 Å². The maximum absolute atomic E-state index is 11.5. The minimum Gasteiger partial charge on any atom is -0.468 e. The Bertz CT molecular complexity index is 463. The molecule has 0 aliphatic rings. The Kier molecular flexibility index (Phi) is 6.21. The van der Waals surface area contributed by atoms with Gasteiger partial charge in [0.15, 0.2) is 0 Å². The van der Waals surface area contributed by atoms with Crippen molar-refractivity contribution < 1.29 is 9.53 Å². The van der Waals surface area contributed by atoms with Gasteiger partial charge in [-0.05, 0) is 63.3 Å². The van der Waals surface area contributed by atoms with Crippen molar-refractivity contribution in [2.45, 2.75) is 45.6 Å². The molecule has 1 rings (SSSR count). The first-order valence-electron chi connectivity index (χ1n) is 7.43. The first kappa shape index (κ1) is 17.5. The van der Waals surface area contributed by atoms with Crippen LogP contribution in [0.1, 0.15) is 37.3 Å². The summed E-state index contributed by atoms with van der Waals surface area (Å²) in [5.74, 6) is -0.342. The maximum Gasteiger partial charge on any atom is 0.325 e. The molecule has 0 amide bonds. The van der Waals surface area contributed by atoms with Gasteiger partial charge >= 0.3 is 5.97 Å². The van der Waals surface area contributed by atoms with Crippen molar-refractivity contribution in [3.8, 4) is 0 Å². The van der Waals surface area contributed by atoms with E-state index in [0.29, 0.717) is 6.42 Å². The van der Waals surface area contributed by atoms with Crippen LogP contribution in [0.25, 0.3) is 0 Å². The zero-order chi connectivity index (χ0) is 16.0. The van der Waals surface area contributed by atoms with E-state index >= 15 is 0 Å². The second-order valence-corrected chi connectivity index (χ2v) is 6.13. The summed E-state index contributed by atoms with van der Waals surface area (Å²) in [6.45, 7) is 6.90. The van der Waals surface area contributed by atoms with Crippen LogP contribution in [0, 0.1) is 13.8 Å². The summed E-state index contributed by atoms with van der Waals surface area (Å²) in [6, 6.07) is 6.55. The fourth-order valence-electron chi connectivity index (χ4n) is 2.48. The largest absolute Gasteiger partial charge is 0.468 e. The lowest BCUT2D eigenvalue weighted by atomic mass is 9.96. The third-order valence-corrected chi connectivity index (χ3v) is 3.74. The lowest BCUT2D eigenvalue weighted by molar-refractivity contribution is -0.146. The van der Waals surface area contributed by atoms with Crippen molar-refractivity contribution in [1.29, 1.82) is 0 Å². The normalized spacial score (nSPS) is 13.6. The average Bonchev–Trinajstić information content (AvgIpc) is 2.41. The number of unbranched alkanes of at least 4 members (excludes halogenated alkanes) is 1. The molecule has 0 saturated heterocycles. The highest BCUT2D eigenvalue weighted by molar-refractivity contribution is 5.79. The summed E-state index contributed by atoms with van der Waals surface area (Å²) < 4.78 is 4.71. The molecule has 2 N–H and O–H groups in total. The number of benzene rings is 1. The van der Waals surface area contributed by atoms with E-state index in [1.807, 2.05) is 0 Å². The summed E-state index contributed by atoms with van der Waals surface area (Å²) in [6.07, 6.45) is 2.53. The molecule has 0 heterocycles. The molecular formula is C17H28N2O2. The van der Waals surface area contributed by atoms with E-state index < -0.39 is 5.54 Å². The summed E-state index contributed by atoms with van der Waals surface area (Å²) in [4.78, 5) is 13.7. The van der Waals surface area contributed by atoms with Crippen molar-refractivity contribution in [3.05, 3.63) is 29.3 Å². The van der Waals surface area contributed by atoms with Crippen molar-refractivity contribution in [3.63, 3.8) is 0 Å². The predicted octanol–water partition coefficient (Wildman–Crippen LogP) is 2.80. The van der Waals surface area contributed by atoms with Gasteiger partial charge in [0, 0.05) is 19.3 Å². The van der Waals surface area contributed by atoms with Gasteiger partial charge in [-0.1, -0.05) is 6.07 Å². The van der Waals surface area contributed by atoms with Crippen molar-refractivity contribution in [2.24, 2.45) is 5.73 Å². The van der Waals surface area contributed by atoms with Crippen LogP contribution >= 0.6 is 0 Å². The molecule has 4 heteroatoms. The third-order valence-electron chi connectivity index (χ3n) is 3.74. The van der Waals surface area contributed by atoms with Crippen LogP contribution < -0.4 is 10.6 Å². The number of nitrogens with two attached hydrogens (primary N) is 1. The number of hydrogen-bond acceptors (Lipinski definition) is 4. The Morgan fingerprint density at radius 1 is 1.24 bits per heavy atom. The molecule has 0 spiro atoms. The molecule has 0 fully saturated rings. The van der Waals surface area contributed by atoms with E-state index in [4.69, 9.17) is 10.5 Å². The fraction of sp³-hybridized carbons (Fsp3) is 0.588. The number of nitrogens with zero attached hydrogens (tertiary/aromatic N) is 1. The standard InChI is InChI=1S/C17H28N2O2/c1-13-10-14(2)12-15(11-13)19(4)9-7-6-8-17(3,18)16(20)21-5/h10-12H,6-9,18H2,1-5H3. The van der Waals surface area contributed by atoms with E-state index in [9.17, 15) is 4.79 Å². The Hall–Kier alpha value is -1.55. The van der Waals surface area contributed by atoms with E-state index in [-0.39, 0.29) is 5.97 Å². The average molecular weight is 292 g/mol. The number of carbonyl (C=O) groups is 1. The summed E-state index contributed by atoms with van der Waals surface area (Å²) >= 11 is 0. The summed E-state index contributed by atoms with van der Waals surface area (Å²) in [7, 11) is 3.47. The number of ether oxygens (including phenoxy) is 1. The lowest BCUT2D eigenvalue weighted by Gasteiger charge is -2.23. The highest BCUT2D eigenvalue weighted by Gasteiger charge is 2.28. The molecule has 0 aliphatic heterocycles. The molecular weight excluding hydrogens is 264 g/mol. The van der Waals surface area contributed by atoms with Gasteiger partial charge in [-0.15, -0.1) is 0 Å². The fourth-order valence-corrected chi connectivity index (χ4v) is 2.48. The molecule has 0 aromatic heterocycles. The Morgan fingerprint density at radius 2 is 1.81 bits per heavy atom. The van der Waals surface area contributed by atoms with Crippen molar-refractivity contribution in [2.75, 3.05) is 25.6 Å². The van der Waals surface area contributed by atoms with Crippen LogP contribution in [-0.4, -0.2) is 32.2 Å². The molecule has 1 unspecified atom stereocenters. The SMILES string of the molecule is COC(=O)C(C)(N)CCCCN(C)c1cc(C)cc(C)c1. The monoisotopic (exact) mass is 292 g/mol. The molecule has 0 saturated carbocycles. The Labute approximate surface area is 128 Å². The van der Waals surface area contributed by atoms with E-state index in [1.165, 1.54) is 23.9 Å². The molecule has 4 nitrogen and oxygen atoms in total. The van der Waals surface area contributed by atoms with Gasteiger partial charge in [-0.3, -0.25) is 4.79 Å². The Balaban J connectivity index is 2.44. The minimum atomic E-state index is -0.882. The zero-order valence-electron chi connectivity index (χ0n) is 13.9. The second-order valence-electron chi connectivity index (χ2n) is 6.13. The molecule has 1 aromatic rings. The number of aryl methyl sites for hydroxylation is 2. The summed E-state index contributed by atoms with van der Waals surface area (Å²) in [5.41, 5.74) is 8.85. The number of methoxy groups -OCH3 is 1. The second kappa shape index (κ2) is 7.46. The van der Waals surface area contributed by atoms with Gasteiger partial charge < -0.3 is 15.4 Å². The van der Waals surface area contributed by atoms with Crippen LogP contribution in [-0.2, 0) is 9.53 Å². The number of hydrogen-bond donors (Lipinski definition) is 1. The highest BCUT2D eigenvalue weighted by Crippen LogP contribution is 2.19. The van der Waals surface area contributed by atoms with Crippen LogP contribution in [0.5, 0.6) is 0 Å². The summed E-state index contributed by atoms with van der Waals surface area (Å²) in [5, 5.41) is 0.